The molecule has 39 heavy (non-hydrogen) atoms. The molecule has 8 nitrogen and oxygen atoms in total. The van der Waals surface area contributed by atoms with E-state index in [1.54, 1.807) is 42.3 Å². The van der Waals surface area contributed by atoms with Crippen LogP contribution in [0.4, 0.5) is 23.2 Å². The van der Waals surface area contributed by atoms with Crippen LogP contribution in [-0.4, -0.2) is 41.3 Å². The van der Waals surface area contributed by atoms with Gasteiger partial charge in [-0.15, -0.1) is 0 Å². The highest BCUT2D eigenvalue weighted by Gasteiger charge is 2.39. The summed E-state index contributed by atoms with van der Waals surface area (Å²) in [7, 11) is 3.19. The second kappa shape index (κ2) is 8.79. The van der Waals surface area contributed by atoms with Gasteiger partial charge in [0, 0.05) is 68.5 Å². The molecule has 1 aliphatic rings. The number of pyridine rings is 1. The van der Waals surface area contributed by atoms with Crippen molar-refractivity contribution in [2.75, 3.05) is 11.4 Å². The molecule has 1 amide bonds. The summed E-state index contributed by atoms with van der Waals surface area (Å²) in [4.78, 5) is 23.9. The van der Waals surface area contributed by atoms with Crippen molar-refractivity contribution in [1.29, 1.82) is 0 Å². The fourth-order valence-electron chi connectivity index (χ4n) is 5.32. The molecule has 0 saturated carbocycles. The number of rotatable bonds is 4. The van der Waals surface area contributed by atoms with Gasteiger partial charge in [-0.2, -0.15) is 18.3 Å². The van der Waals surface area contributed by atoms with Crippen LogP contribution in [0.5, 0.6) is 0 Å². The molecule has 4 aromatic heterocycles. The number of amides is 1. The molecule has 0 spiro atoms. The zero-order chi connectivity index (χ0) is 27.6. The Morgan fingerprint density at radius 2 is 1.79 bits per heavy atom. The molecule has 0 N–H and O–H groups in total. The molecule has 0 bridgehead atoms. The molecule has 0 radical (unpaired) electrons. The minimum Gasteiger partial charge on any atom is -0.333 e. The van der Waals surface area contributed by atoms with Gasteiger partial charge in [-0.1, -0.05) is 0 Å². The molecule has 0 aliphatic carbocycles. The minimum absolute atomic E-state index is 0.0804. The van der Waals surface area contributed by atoms with Crippen molar-refractivity contribution < 1.29 is 22.4 Å². The Morgan fingerprint density at radius 1 is 1.03 bits per heavy atom. The molecule has 5 heterocycles. The van der Waals surface area contributed by atoms with Gasteiger partial charge in [-0.25, -0.2) is 14.4 Å². The molecule has 200 valence electrons. The summed E-state index contributed by atoms with van der Waals surface area (Å²) in [5.41, 5.74) is 1.69. The monoisotopic (exact) mass is 537 g/mol. The smallest absolute Gasteiger partial charge is 0.333 e. The maximum absolute atomic E-state index is 14.1. The standard InChI is InChI=1S/C27H23F4N7O/c1-15-32-5-7-37(15)12-16-8-19(22-13-36(3)34-24(22)27(29,30)31)18-4-6-38(26(39)20(18)9-16)23-14-35(2)25-21(23)10-17(28)11-33-25/h5,7-11,13-14H,4,6,12H2,1-3H3. The van der Waals surface area contributed by atoms with Gasteiger partial charge in [0.15, 0.2) is 5.69 Å². The van der Waals surface area contributed by atoms with Gasteiger partial charge in [0.05, 0.1) is 11.9 Å². The summed E-state index contributed by atoms with van der Waals surface area (Å²) < 4.78 is 60.7. The number of benzene rings is 1. The molecular formula is C27H23F4N7O. The van der Waals surface area contributed by atoms with Gasteiger partial charge < -0.3 is 14.0 Å². The average molecular weight is 538 g/mol. The lowest BCUT2D eigenvalue weighted by Crippen LogP contribution is -2.38. The molecule has 12 heteroatoms. The number of fused-ring (bicyclic) bond motifs is 2. The molecule has 1 aliphatic heterocycles. The largest absolute Gasteiger partial charge is 0.435 e. The third-order valence-corrected chi connectivity index (χ3v) is 7.08. The predicted octanol–water partition coefficient (Wildman–Crippen LogP) is 4.89. The zero-order valence-corrected chi connectivity index (χ0v) is 21.3. The lowest BCUT2D eigenvalue weighted by atomic mass is 9.88. The fraction of sp³-hybridized carbons (Fsp3) is 0.259. The summed E-state index contributed by atoms with van der Waals surface area (Å²) in [5, 5.41) is 4.17. The Bertz CT molecular complexity index is 1760. The normalized spacial score (nSPS) is 13.9. The Balaban J connectivity index is 1.53. The van der Waals surface area contributed by atoms with Gasteiger partial charge >= 0.3 is 6.18 Å². The van der Waals surface area contributed by atoms with Gasteiger partial charge in [0.2, 0.25) is 0 Å². The minimum atomic E-state index is -4.68. The quantitative estimate of drug-likeness (QED) is 0.306. The van der Waals surface area contributed by atoms with Crippen molar-refractivity contribution in [1.82, 2.24) is 28.9 Å². The van der Waals surface area contributed by atoms with Crippen molar-refractivity contribution in [2.24, 2.45) is 14.1 Å². The number of aromatic nitrogens is 6. The van der Waals surface area contributed by atoms with Crippen LogP contribution in [0.15, 0.2) is 49.2 Å². The second-order valence-electron chi connectivity index (χ2n) is 9.69. The van der Waals surface area contributed by atoms with Gasteiger partial charge in [-0.05, 0) is 48.2 Å². The topological polar surface area (TPSA) is 73.8 Å². The first-order valence-corrected chi connectivity index (χ1v) is 12.2. The zero-order valence-electron chi connectivity index (χ0n) is 21.3. The number of hydrogen-bond donors (Lipinski definition) is 0. The van der Waals surface area contributed by atoms with E-state index in [1.165, 1.54) is 24.2 Å². The predicted molar refractivity (Wildman–Crippen MR) is 136 cm³/mol. The van der Waals surface area contributed by atoms with E-state index < -0.39 is 17.7 Å². The lowest BCUT2D eigenvalue weighted by Gasteiger charge is -2.30. The van der Waals surface area contributed by atoms with E-state index in [4.69, 9.17) is 0 Å². The Hall–Kier alpha value is -4.48. The van der Waals surface area contributed by atoms with E-state index in [9.17, 15) is 22.4 Å². The van der Waals surface area contributed by atoms with E-state index in [0.29, 0.717) is 51.9 Å². The van der Waals surface area contributed by atoms with Crippen LogP contribution in [0.3, 0.4) is 0 Å². The van der Waals surface area contributed by atoms with E-state index in [2.05, 4.69) is 15.1 Å². The van der Waals surface area contributed by atoms with Crippen LogP contribution in [0.1, 0.15) is 33.0 Å². The van der Waals surface area contributed by atoms with Crippen LogP contribution in [0, 0.1) is 12.7 Å². The number of alkyl halides is 3. The Kier molecular flexibility index (Phi) is 5.59. The molecule has 1 aromatic carbocycles. The number of carbonyl (C=O) groups is 1. The number of nitrogens with zero attached hydrogens (tertiary/aromatic N) is 7. The molecule has 6 rings (SSSR count). The number of aryl methyl sites for hydroxylation is 3. The summed E-state index contributed by atoms with van der Waals surface area (Å²) in [5.74, 6) is -0.183. The summed E-state index contributed by atoms with van der Waals surface area (Å²) >= 11 is 0. The Labute approximate surface area is 220 Å². The van der Waals surface area contributed by atoms with E-state index >= 15 is 0 Å². The van der Waals surface area contributed by atoms with Crippen LogP contribution in [0.25, 0.3) is 22.2 Å². The average Bonchev–Trinajstić information content (AvgIpc) is 3.56. The summed E-state index contributed by atoms with van der Waals surface area (Å²) in [6, 6.07) is 4.75. The van der Waals surface area contributed by atoms with Gasteiger partial charge in [0.25, 0.3) is 5.91 Å². The maximum Gasteiger partial charge on any atom is 0.435 e. The first-order valence-electron chi connectivity index (χ1n) is 12.2. The molecule has 0 saturated heterocycles. The summed E-state index contributed by atoms with van der Waals surface area (Å²) in [6.45, 7) is 2.34. The van der Waals surface area contributed by atoms with Crippen molar-refractivity contribution in [3.05, 3.63) is 83.2 Å². The van der Waals surface area contributed by atoms with E-state index in [1.807, 2.05) is 11.5 Å². The first-order chi connectivity index (χ1) is 18.5. The van der Waals surface area contributed by atoms with Crippen molar-refractivity contribution in [3.8, 4) is 11.1 Å². The molecule has 0 unspecified atom stereocenters. The van der Waals surface area contributed by atoms with Crippen LogP contribution in [0.2, 0.25) is 0 Å². The van der Waals surface area contributed by atoms with Crippen molar-refractivity contribution in [3.63, 3.8) is 0 Å². The molecule has 5 aromatic rings. The number of halogens is 4. The number of hydrogen-bond acceptors (Lipinski definition) is 4. The van der Waals surface area contributed by atoms with Crippen LogP contribution in [-0.2, 0) is 33.2 Å². The fourth-order valence-corrected chi connectivity index (χ4v) is 5.32. The summed E-state index contributed by atoms with van der Waals surface area (Å²) in [6.07, 6.45) is 3.19. The van der Waals surface area contributed by atoms with Crippen molar-refractivity contribution >= 4 is 22.6 Å². The third-order valence-electron chi connectivity index (χ3n) is 7.08. The van der Waals surface area contributed by atoms with Crippen LogP contribution < -0.4 is 4.90 Å². The number of carbonyl (C=O) groups excluding carboxylic acids is 1. The van der Waals surface area contributed by atoms with Gasteiger partial charge in [-0.3, -0.25) is 9.48 Å². The molecule has 0 atom stereocenters. The van der Waals surface area contributed by atoms with Crippen molar-refractivity contribution in [2.45, 2.75) is 26.1 Å². The van der Waals surface area contributed by atoms with E-state index in [0.717, 1.165) is 16.7 Å². The Morgan fingerprint density at radius 3 is 2.51 bits per heavy atom. The van der Waals surface area contributed by atoms with Crippen LogP contribution >= 0.6 is 0 Å². The first kappa shape index (κ1) is 24.8. The molecule has 0 fully saturated rings. The second-order valence-corrected chi connectivity index (χ2v) is 9.69. The highest BCUT2D eigenvalue weighted by Crippen LogP contribution is 2.41. The highest BCUT2D eigenvalue weighted by molar-refractivity contribution is 6.13. The maximum atomic E-state index is 14.1. The van der Waals surface area contributed by atoms with E-state index in [-0.39, 0.29) is 18.0 Å². The third kappa shape index (κ3) is 4.16. The molecular weight excluding hydrogens is 514 g/mol. The highest BCUT2D eigenvalue weighted by atomic mass is 19.4. The van der Waals surface area contributed by atoms with Gasteiger partial charge in [0.1, 0.15) is 17.3 Å². The number of anilines is 1. The number of imidazole rings is 1. The lowest BCUT2D eigenvalue weighted by molar-refractivity contribution is -0.140. The SMILES string of the molecule is Cc1nccn1Cc1cc2c(c(-c3cn(C)nc3C(F)(F)F)c1)CCN(c1cn(C)c3ncc(F)cc13)C2=O.